The van der Waals surface area contributed by atoms with Gasteiger partial charge in [0.05, 0.1) is 30.6 Å². The van der Waals surface area contributed by atoms with E-state index in [4.69, 9.17) is 14.2 Å². The van der Waals surface area contributed by atoms with Crippen LogP contribution in [0.2, 0.25) is 0 Å². The molecule has 0 N–H and O–H groups in total. The Morgan fingerprint density at radius 2 is 1.48 bits per heavy atom. The van der Waals surface area contributed by atoms with Crippen molar-refractivity contribution in [3.05, 3.63) is 107 Å². The van der Waals surface area contributed by atoms with E-state index in [1.165, 1.54) is 11.8 Å². The molecule has 4 atom stereocenters. The number of rotatable bonds is 9. The quantitative estimate of drug-likeness (QED) is 0.377. The number of halogens is 1. The van der Waals surface area contributed by atoms with Crippen molar-refractivity contribution in [1.29, 1.82) is 0 Å². The summed E-state index contributed by atoms with van der Waals surface area (Å²) in [7, 11) is 0. The van der Waals surface area contributed by atoms with Crippen LogP contribution >= 0.6 is 11.8 Å². The summed E-state index contributed by atoms with van der Waals surface area (Å²) in [5.74, 6) is -0.539. The first kappa shape index (κ1) is 23.5. The van der Waals surface area contributed by atoms with Crippen LogP contribution in [-0.4, -0.2) is 35.5 Å². The van der Waals surface area contributed by atoms with Gasteiger partial charge in [0, 0.05) is 0 Å². The lowest BCUT2D eigenvalue weighted by atomic mass is 10.1. The molecule has 4 rings (SSSR count). The third-order valence-corrected chi connectivity index (χ3v) is 6.82. The van der Waals surface area contributed by atoms with E-state index in [0.717, 1.165) is 16.7 Å². The van der Waals surface area contributed by atoms with Gasteiger partial charge in [-0.25, -0.2) is 9.18 Å². The zero-order valence-electron chi connectivity index (χ0n) is 18.4. The minimum Gasteiger partial charge on any atom is -0.444 e. The van der Waals surface area contributed by atoms with Gasteiger partial charge in [0.1, 0.15) is 6.10 Å². The molecule has 3 aromatic rings. The number of esters is 1. The van der Waals surface area contributed by atoms with Gasteiger partial charge in [-0.15, -0.1) is 11.8 Å². The first-order chi connectivity index (χ1) is 16.1. The Morgan fingerprint density at radius 3 is 2.12 bits per heavy atom. The second kappa shape index (κ2) is 11.5. The molecule has 6 heteroatoms. The molecule has 1 aliphatic heterocycles. The van der Waals surface area contributed by atoms with Crippen molar-refractivity contribution in [3.8, 4) is 0 Å². The molecule has 4 nitrogen and oxygen atoms in total. The fourth-order valence-corrected chi connectivity index (χ4v) is 4.96. The maximum absolute atomic E-state index is 15.4. The molecule has 0 aliphatic carbocycles. The molecule has 1 aliphatic rings. The van der Waals surface area contributed by atoms with Crippen LogP contribution < -0.4 is 0 Å². The molecule has 1 saturated heterocycles. The maximum atomic E-state index is 15.4. The van der Waals surface area contributed by atoms with Crippen molar-refractivity contribution >= 4 is 17.7 Å². The zero-order chi connectivity index (χ0) is 23.0. The summed E-state index contributed by atoms with van der Waals surface area (Å²) in [6, 6.07) is 26.5. The van der Waals surface area contributed by atoms with E-state index < -0.39 is 23.7 Å². The molecule has 3 aromatic carbocycles. The molecule has 0 spiro atoms. The van der Waals surface area contributed by atoms with Gasteiger partial charge in [-0.2, -0.15) is 0 Å². The van der Waals surface area contributed by atoms with Gasteiger partial charge >= 0.3 is 5.97 Å². The molecule has 0 amide bonds. The van der Waals surface area contributed by atoms with Crippen LogP contribution in [0.4, 0.5) is 4.39 Å². The summed E-state index contributed by atoms with van der Waals surface area (Å²) in [4.78, 5) is 12.6. The Labute approximate surface area is 198 Å². The average molecular weight is 467 g/mol. The van der Waals surface area contributed by atoms with Crippen LogP contribution in [-0.2, 0) is 27.4 Å². The second-order valence-electron chi connectivity index (χ2n) is 8.02. The van der Waals surface area contributed by atoms with Gasteiger partial charge in [0.2, 0.25) is 0 Å². The number of carbonyl (C=O) groups excluding carboxylic acids is 1. The lowest BCUT2D eigenvalue weighted by Gasteiger charge is -2.21. The predicted molar refractivity (Wildman–Crippen MR) is 128 cm³/mol. The first-order valence-electron chi connectivity index (χ1n) is 10.9. The van der Waals surface area contributed by atoms with Crippen LogP contribution in [0.3, 0.4) is 0 Å². The normalized spacial score (nSPS) is 22.2. The Hall–Kier alpha value is -2.67. The van der Waals surface area contributed by atoms with Crippen LogP contribution in [0.5, 0.6) is 0 Å². The number of aryl methyl sites for hydroxylation is 1. The largest absolute Gasteiger partial charge is 0.444 e. The van der Waals surface area contributed by atoms with E-state index in [-0.39, 0.29) is 18.5 Å². The van der Waals surface area contributed by atoms with Crippen LogP contribution in [0, 0.1) is 6.92 Å². The first-order valence-corrected chi connectivity index (χ1v) is 11.9. The highest BCUT2D eigenvalue weighted by atomic mass is 32.2. The minimum absolute atomic E-state index is 0.278. The van der Waals surface area contributed by atoms with E-state index in [9.17, 15) is 4.79 Å². The lowest BCUT2D eigenvalue weighted by Crippen LogP contribution is -2.35. The molecule has 1 heterocycles. The number of ether oxygens (including phenoxy) is 3. The van der Waals surface area contributed by atoms with Gasteiger partial charge in [-0.1, -0.05) is 78.4 Å². The molecular weight excluding hydrogens is 439 g/mol. The summed E-state index contributed by atoms with van der Waals surface area (Å²) in [6.45, 7) is 2.93. The van der Waals surface area contributed by atoms with Crippen LogP contribution in [0.1, 0.15) is 27.0 Å². The minimum atomic E-state index is -1.46. The summed E-state index contributed by atoms with van der Waals surface area (Å²) in [5.41, 5.74) is 2.49. The highest BCUT2D eigenvalue weighted by molar-refractivity contribution is 8.00. The highest BCUT2D eigenvalue weighted by Crippen LogP contribution is 2.40. The summed E-state index contributed by atoms with van der Waals surface area (Å²) in [5, 5.41) is -0.303. The predicted octanol–water partition coefficient (Wildman–Crippen LogP) is 5.73. The lowest BCUT2D eigenvalue weighted by molar-refractivity contribution is -0.0441. The highest BCUT2D eigenvalue weighted by Gasteiger charge is 2.48. The number of hydrogen-bond acceptors (Lipinski definition) is 5. The SMILES string of the molecule is Cc1ccc(C(=O)OC2S[C@H](COCc3ccccc3)[C@@H](OCc3ccccc3)[C@H]2F)cc1. The van der Waals surface area contributed by atoms with Gasteiger partial charge in [-0.05, 0) is 30.2 Å². The van der Waals surface area contributed by atoms with Crippen molar-refractivity contribution in [2.24, 2.45) is 0 Å². The molecule has 0 bridgehead atoms. The fraction of sp³-hybridized carbons (Fsp3) is 0.296. The Morgan fingerprint density at radius 1 is 0.879 bits per heavy atom. The van der Waals surface area contributed by atoms with Crippen molar-refractivity contribution in [1.82, 2.24) is 0 Å². The van der Waals surface area contributed by atoms with Crippen LogP contribution in [0.15, 0.2) is 84.9 Å². The van der Waals surface area contributed by atoms with E-state index in [1.807, 2.05) is 79.7 Å². The number of benzene rings is 3. The Bertz CT molecular complexity index is 1010. The molecule has 33 heavy (non-hydrogen) atoms. The third-order valence-electron chi connectivity index (χ3n) is 5.44. The van der Waals surface area contributed by atoms with Gasteiger partial charge < -0.3 is 14.2 Å². The van der Waals surface area contributed by atoms with E-state index in [0.29, 0.717) is 12.2 Å². The molecule has 172 valence electrons. The topological polar surface area (TPSA) is 44.8 Å². The zero-order valence-corrected chi connectivity index (χ0v) is 19.2. The fourth-order valence-electron chi connectivity index (χ4n) is 3.61. The average Bonchev–Trinajstić information content (AvgIpc) is 3.13. The molecule has 0 saturated carbocycles. The number of thioether (sulfide) groups is 1. The van der Waals surface area contributed by atoms with Crippen molar-refractivity contribution in [3.63, 3.8) is 0 Å². The molecule has 0 aromatic heterocycles. The van der Waals surface area contributed by atoms with E-state index >= 15 is 4.39 Å². The Balaban J connectivity index is 1.40. The van der Waals surface area contributed by atoms with Gasteiger partial charge in [0.15, 0.2) is 11.6 Å². The Kier molecular flexibility index (Phi) is 8.15. The van der Waals surface area contributed by atoms with Gasteiger partial charge in [0.25, 0.3) is 0 Å². The maximum Gasteiger partial charge on any atom is 0.339 e. The van der Waals surface area contributed by atoms with Crippen molar-refractivity contribution in [2.45, 2.75) is 43.1 Å². The van der Waals surface area contributed by atoms with Gasteiger partial charge in [-0.3, -0.25) is 0 Å². The number of carbonyl (C=O) groups is 1. The van der Waals surface area contributed by atoms with E-state index in [2.05, 4.69) is 0 Å². The molecular formula is C27H27FO4S. The summed E-state index contributed by atoms with van der Waals surface area (Å²) < 4.78 is 32.8. The van der Waals surface area contributed by atoms with Crippen LogP contribution in [0.25, 0.3) is 0 Å². The smallest absolute Gasteiger partial charge is 0.339 e. The molecule has 0 radical (unpaired) electrons. The van der Waals surface area contributed by atoms with Crippen molar-refractivity contribution < 1.29 is 23.4 Å². The molecule has 1 unspecified atom stereocenters. The second-order valence-corrected chi connectivity index (χ2v) is 9.36. The third kappa shape index (κ3) is 6.44. The standard InChI is InChI=1S/C27H27FO4S/c1-19-12-14-22(15-13-19)26(29)32-27-24(28)25(31-17-21-10-6-3-7-11-21)23(33-27)18-30-16-20-8-4-2-5-9-20/h2-15,23-25,27H,16-18H2,1H3/t23-,24-,25-,27?/m1/s1. The summed E-state index contributed by atoms with van der Waals surface area (Å²) >= 11 is 1.26. The van der Waals surface area contributed by atoms with Crippen molar-refractivity contribution in [2.75, 3.05) is 6.61 Å². The number of alkyl halides is 1. The monoisotopic (exact) mass is 466 g/mol. The number of hydrogen-bond donors (Lipinski definition) is 0. The molecule has 1 fully saturated rings. The van der Waals surface area contributed by atoms with E-state index in [1.54, 1.807) is 12.1 Å². The summed E-state index contributed by atoms with van der Waals surface area (Å²) in [6.07, 6.45) is -2.21.